The SMILES string of the molecule is COc1ccc(N)cc1C(=O)OCC(=O)NCCC(C)C. The van der Waals surface area contributed by atoms with Gasteiger partial charge in [-0.25, -0.2) is 4.79 Å². The molecule has 21 heavy (non-hydrogen) atoms. The number of carbonyl (C=O) groups is 2. The van der Waals surface area contributed by atoms with E-state index in [1.54, 1.807) is 12.1 Å². The molecule has 0 bridgehead atoms. The van der Waals surface area contributed by atoms with Gasteiger partial charge in [0, 0.05) is 12.2 Å². The van der Waals surface area contributed by atoms with Crippen molar-refractivity contribution in [2.45, 2.75) is 20.3 Å². The monoisotopic (exact) mass is 294 g/mol. The summed E-state index contributed by atoms with van der Waals surface area (Å²) in [5.74, 6) is -0.108. The van der Waals surface area contributed by atoms with Crippen LogP contribution in [0, 0.1) is 5.92 Å². The Hall–Kier alpha value is -2.24. The number of hydrogen-bond donors (Lipinski definition) is 2. The molecule has 1 aromatic carbocycles. The average Bonchev–Trinajstić information content (AvgIpc) is 2.44. The molecule has 0 aliphatic heterocycles. The smallest absolute Gasteiger partial charge is 0.342 e. The number of esters is 1. The van der Waals surface area contributed by atoms with Crippen LogP contribution in [0.1, 0.15) is 30.6 Å². The van der Waals surface area contributed by atoms with Gasteiger partial charge in [0.1, 0.15) is 11.3 Å². The molecule has 0 saturated heterocycles. The van der Waals surface area contributed by atoms with E-state index >= 15 is 0 Å². The number of nitrogen functional groups attached to an aromatic ring is 1. The van der Waals surface area contributed by atoms with E-state index < -0.39 is 5.97 Å². The normalized spacial score (nSPS) is 10.3. The topological polar surface area (TPSA) is 90.7 Å². The fourth-order valence-electron chi connectivity index (χ4n) is 1.65. The Labute approximate surface area is 124 Å². The molecular weight excluding hydrogens is 272 g/mol. The summed E-state index contributed by atoms with van der Waals surface area (Å²) in [7, 11) is 1.45. The molecule has 0 atom stereocenters. The van der Waals surface area contributed by atoms with Crippen LogP contribution in [-0.2, 0) is 9.53 Å². The summed E-state index contributed by atoms with van der Waals surface area (Å²) in [6.45, 7) is 4.38. The lowest BCUT2D eigenvalue weighted by atomic mass is 10.1. The third-order valence-corrected chi connectivity index (χ3v) is 2.82. The minimum atomic E-state index is -0.641. The maximum atomic E-state index is 11.9. The van der Waals surface area contributed by atoms with E-state index in [9.17, 15) is 9.59 Å². The molecule has 3 N–H and O–H groups in total. The van der Waals surface area contributed by atoms with Gasteiger partial charge >= 0.3 is 5.97 Å². The second-order valence-corrected chi connectivity index (χ2v) is 5.07. The number of methoxy groups -OCH3 is 1. The number of nitrogens with one attached hydrogen (secondary N) is 1. The number of amides is 1. The van der Waals surface area contributed by atoms with E-state index in [-0.39, 0.29) is 18.1 Å². The fraction of sp³-hybridized carbons (Fsp3) is 0.467. The maximum Gasteiger partial charge on any atom is 0.342 e. The van der Waals surface area contributed by atoms with Crippen LogP contribution < -0.4 is 15.8 Å². The predicted molar refractivity (Wildman–Crippen MR) is 80.2 cm³/mol. The van der Waals surface area contributed by atoms with Gasteiger partial charge < -0.3 is 20.5 Å². The van der Waals surface area contributed by atoms with E-state index in [0.717, 1.165) is 6.42 Å². The van der Waals surface area contributed by atoms with Gasteiger partial charge in [-0.2, -0.15) is 0 Å². The molecule has 0 saturated carbocycles. The van der Waals surface area contributed by atoms with Crippen LogP contribution in [0.5, 0.6) is 5.75 Å². The predicted octanol–water partition coefficient (Wildman–Crippen LogP) is 1.60. The third kappa shape index (κ3) is 5.72. The molecule has 0 aromatic heterocycles. The van der Waals surface area contributed by atoms with Crippen molar-refractivity contribution >= 4 is 17.6 Å². The van der Waals surface area contributed by atoms with Gasteiger partial charge in [-0.05, 0) is 30.5 Å². The zero-order valence-corrected chi connectivity index (χ0v) is 12.6. The molecule has 116 valence electrons. The van der Waals surface area contributed by atoms with Gasteiger partial charge in [0.05, 0.1) is 7.11 Å². The van der Waals surface area contributed by atoms with Crippen molar-refractivity contribution in [3.8, 4) is 5.75 Å². The van der Waals surface area contributed by atoms with Crippen LogP contribution >= 0.6 is 0 Å². The highest BCUT2D eigenvalue weighted by molar-refractivity contribution is 5.94. The van der Waals surface area contributed by atoms with Crippen LogP contribution in [0.4, 0.5) is 5.69 Å². The molecular formula is C15H22N2O4. The van der Waals surface area contributed by atoms with Crippen LogP contribution in [0.3, 0.4) is 0 Å². The average molecular weight is 294 g/mol. The fourth-order valence-corrected chi connectivity index (χ4v) is 1.65. The maximum absolute atomic E-state index is 11.9. The Bertz CT molecular complexity index is 500. The Balaban J connectivity index is 2.50. The Morgan fingerprint density at radius 3 is 2.67 bits per heavy atom. The lowest BCUT2D eigenvalue weighted by Gasteiger charge is -2.10. The lowest BCUT2D eigenvalue weighted by molar-refractivity contribution is -0.124. The van der Waals surface area contributed by atoms with E-state index in [1.165, 1.54) is 13.2 Å². The molecule has 6 heteroatoms. The Kier molecular flexibility index (Phi) is 6.52. The van der Waals surface area contributed by atoms with Crippen LogP contribution in [0.2, 0.25) is 0 Å². The number of carbonyl (C=O) groups excluding carboxylic acids is 2. The van der Waals surface area contributed by atoms with Crippen molar-refractivity contribution in [1.29, 1.82) is 0 Å². The van der Waals surface area contributed by atoms with Gasteiger partial charge in [-0.15, -0.1) is 0 Å². The number of hydrogen-bond acceptors (Lipinski definition) is 5. The Morgan fingerprint density at radius 1 is 1.33 bits per heavy atom. The molecule has 0 spiro atoms. The molecule has 0 heterocycles. The standard InChI is InChI=1S/C15H22N2O4/c1-10(2)6-7-17-14(18)9-21-15(19)12-8-11(16)4-5-13(12)20-3/h4-5,8,10H,6-7,9,16H2,1-3H3,(H,17,18). The first kappa shape index (κ1) is 16.8. The molecule has 0 aliphatic rings. The van der Waals surface area contributed by atoms with Crippen LogP contribution in [-0.4, -0.2) is 32.1 Å². The highest BCUT2D eigenvalue weighted by Crippen LogP contribution is 2.21. The summed E-state index contributed by atoms with van der Waals surface area (Å²) >= 11 is 0. The van der Waals surface area contributed by atoms with Crippen molar-refractivity contribution in [3.63, 3.8) is 0 Å². The van der Waals surface area contributed by atoms with Gasteiger partial charge in [-0.1, -0.05) is 13.8 Å². The first-order valence-electron chi connectivity index (χ1n) is 6.81. The number of ether oxygens (including phenoxy) is 2. The van der Waals surface area contributed by atoms with Crippen molar-refractivity contribution in [3.05, 3.63) is 23.8 Å². The number of rotatable bonds is 7. The summed E-state index contributed by atoms with van der Waals surface area (Å²) in [5, 5.41) is 2.69. The summed E-state index contributed by atoms with van der Waals surface area (Å²) in [6.07, 6.45) is 0.878. The van der Waals surface area contributed by atoms with Gasteiger partial charge in [0.2, 0.25) is 0 Å². The van der Waals surface area contributed by atoms with Gasteiger partial charge in [0.25, 0.3) is 5.91 Å². The molecule has 0 fully saturated rings. The highest BCUT2D eigenvalue weighted by Gasteiger charge is 2.15. The van der Waals surface area contributed by atoms with E-state index in [1.807, 2.05) is 0 Å². The van der Waals surface area contributed by atoms with E-state index in [4.69, 9.17) is 15.2 Å². The minimum Gasteiger partial charge on any atom is -0.496 e. The zero-order valence-electron chi connectivity index (χ0n) is 12.6. The van der Waals surface area contributed by atoms with Gasteiger partial charge in [0.15, 0.2) is 6.61 Å². The molecule has 0 aliphatic carbocycles. The molecule has 1 rings (SSSR count). The number of benzene rings is 1. The first-order valence-corrected chi connectivity index (χ1v) is 6.81. The first-order chi connectivity index (χ1) is 9.93. The summed E-state index contributed by atoms with van der Waals surface area (Å²) in [4.78, 5) is 23.5. The van der Waals surface area contributed by atoms with Crippen molar-refractivity contribution in [1.82, 2.24) is 5.32 Å². The van der Waals surface area contributed by atoms with Crippen molar-refractivity contribution < 1.29 is 19.1 Å². The van der Waals surface area contributed by atoms with Crippen molar-refractivity contribution in [2.75, 3.05) is 26.0 Å². The van der Waals surface area contributed by atoms with Crippen molar-refractivity contribution in [2.24, 2.45) is 5.92 Å². The molecule has 0 radical (unpaired) electrons. The summed E-state index contributed by atoms with van der Waals surface area (Å²) < 4.78 is 10.0. The molecule has 0 unspecified atom stereocenters. The van der Waals surface area contributed by atoms with E-state index in [0.29, 0.717) is 23.9 Å². The molecule has 1 amide bonds. The second kappa shape index (κ2) is 8.14. The van der Waals surface area contributed by atoms with Gasteiger partial charge in [-0.3, -0.25) is 4.79 Å². The van der Waals surface area contributed by atoms with Crippen LogP contribution in [0.15, 0.2) is 18.2 Å². The van der Waals surface area contributed by atoms with E-state index in [2.05, 4.69) is 19.2 Å². The lowest BCUT2D eigenvalue weighted by Crippen LogP contribution is -2.30. The zero-order chi connectivity index (χ0) is 15.8. The largest absolute Gasteiger partial charge is 0.496 e. The number of nitrogens with two attached hydrogens (primary N) is 1. The Morgan fingerprint density at radius 2 is 2.05 bits per heavy atom. The quantitative estimate of drug-likeness (QED) is 0.589. The number of anilines is 1. The van der Waals surface area contributed by atoms with Crippen LogP contribution in [0.25, 0.3) is 0 Å². The molecule has 6 nitrogen and oxygen atoms in total. The summed E-state index contributed by atoms with van der Waals surface area (Å²) in [6, 6.07) is 4.65. The highest BCUT2D eigenvalue weighted by atomic mass is 16.5. The summed E-state index contributed by atoms with van der Waals surface area (Å²) in [5.41, 5.74) is 6.25. The second-order valence-electron chi connectivity index (χ2n) is 5.07. The third-order valence-electron chi connectivity index (χ3n) is 2.82. The molecule has 1 aromatic rings. The minimum absolute atomic E-state index is 0.201.